The fourth-order valence-corrected chi connectivity index (χ4v) is 4.63. The van der Waals surface area contributed by atoms with Gasteiger partial charge in [-0.2, -0.15) is 0 Å². The Labute approximate surface area is 160 Å². The van der Waals surface area contributed by atoms with Crippen LogP contribution in [0.25, 0.3) is 0 Å². The summed E-state index contributed by atoms with van der Waals surface area (Å²) in [5.41, 5.74) is 5.34. The second kappa shape index (κ2) is 6.97. The van der Waals surface area contributed by atoms with E-state index < -0.39 is 0 Å². The van der Waals surface area contributed by atoms with Crippen LogP contribution in [0.3, 0.4) is 0 Å². The molecule has 0 radical (unpaired) electrons. The van der Waals surface area contributed by atoms with Gasteiger partial charge < -0.3 is 18.9 Å². The van der Waals surface area contributed by atoms with Crippen molar-refractivity contribution in [1.82, 2.24) is 4.90 Å². The standard InChI is InChI=1S/C22H27NO4/c1-13-16-11-21(26-4)20(25-3)10-15(16)8-18-17-12-22(27-5)19(24-2)9-14(17)6-7-23(13)18/h9-13,18H,6-8H2,1-5H3/t13-,18-/m0/s1. The van der Waals surface area contributed by atoms with E-state index in [1.165, 1.54) is 22.3 Å². The molecule has 4 rings (SSSR count). The van der Waals surface area contributed by atoms with Gasteiger partial charge in [-0.15, -0.1) is 0 Å². The van der Waals surface area contributed by atoms with E-state index >= 15 is 0 Å². The largest absolute Gasteiger partial charge is 0.493 e. The van der Waals surface area contributed by atoms with E-state index in [4.69, 9.17) is 18.9 Å². The Bertz CT molecular complexity index is 864. The molecular weight excluding hydrogens is 342 g/mol. The van der Waals surface area contributed by atoms with Crippen molar-refractivity contribution >= 4 is 0 Å². The second-order valence-corrected chi connectivity index (χ2v) is 7.20. The summed E-state index contributed by atoms with van der Waals surface area (Å²) < 4.78 is 22.1. The fraction of sp³-hybridized carbons (Fsp3) is 0.455. The Morgan fingerprint density at radius 3 is 1.85 bits per heavy atom. The van der Waals surface area contributed by atoms with Crippen LogP contribution >= 0.6 is 0 Å². The molecule has 5 heteroatoms. The predicted molar refractivity (Wildman–Crippen MR) is 104 cm³/mol. The van der Waals surface area contributed by atoms with Gasteiger partial charge in [0.2, 0.25) is 0 Å². The molecule has 0 aromatic heterocycles. The van der Waals surface area contributed by atoms with Crippen molar-refractivity contribution in [2.45, 2.75) is 31.8 Å². The quantitative estimate of drug-likeness (QED) is 0.816. The van der Waals surface area contributed by atoms with E-state index in [9.17, 15) is 0 Å². The summed E-state index contributed by atoms with van der Waals surface area (Å²) >= 11 is 0. The number of benzene rings is 2. The van der Waals surface area contributed by atoms with Crippen LogP contribution in [-0.4, -0.2) is 39.9 Å². The van der Waals surface area contributed by atoms with Gasteiger partial charge in [-0.05, 0) is 66.3 Å². The molecule has 0 saturated carbocycles. The zero-order valence-corrected chi connectivity index (χ0v) is 16.7. The van der Waals surface area contributed by atoms with Crippen molar-refractivity contribution in [3.63, 3.8) is 0 Å². The normalized spacial score (nSPS) is 20.9. The van der Waals surface area contributed by atoms with Crippen LogP contribution < -0.4 is 18.9 Å². The number of methoxy groups -OCH3 is 4. The summed E-state index contributed by atoms with van der Waals surface area (Å²) in [6.07, 6.45) is 1.96. The first-order valence-corrected chi connectivity index (χ1v) is 9.36. The Morgan fingerprint density at radius 2 is 1.26 bits per heavy atom. The molecule has 0 spiro atoms. The average molecular weight is 369 g/mol. The molecule has 0 aliphatic carbocycles. The Morgan fingerprint density at radius 1 is 0.741 bits per heavy atom. The summed E-state index contributed by atoms with van der Waals surface area (Å²) in [4.78, 5) is 2.59. The average Bonchev–Trinajstić information content (AvgIpc) is 2.71. The van der Waals surface area contributed by atoms with Gasteiger partial charge in [-0.3, -0.25) is 4.90 Å². The smallest absolute Gasteiger partial charge is 0.161 e. The van der Waals surface area contributed by atoms with Crippen LogP contribution in [0.4, 0.5) is 0 Å². The van der Waals surface area contributed by atoms with Gasteiger partial charge >= 0.3 is 0 Å². The van der Waals surface area contributed by atoms with Crippen LogP contribution in [0.2, 0.25) is 0 Å². The van der Waals surface area contributed by atoms with E-state index in [1.807, 2.05) is 0 Å². The number of nitrogens with zero attached hydrogens (tertiary/aromatic N) is 1. The zero-order valence-electron chi connectivity index (χ0n) is 16.7. The van der Waals surface area contributed by atoms with E-state index in [2.05, 4.69) is 36.1 Å². The van der Waals surface area contributed by atoms with E-state index in [0.717, 1.165) is 42.4 Å². The molecule has 2 aromatic rings. The molecule has 2 aliphatic rings. The highest BCUT2D eigenvalue weighted by molar-refractivity contribution is 5.53. The van der Waals surface area contributed by atoms with Gasteiger partial charge in [0.15, 0.2) is 23.0 Å². The Balaban J connectivity index is 1.80. The van der Waals surface area contributed by atoms with Crippen LogP contribution in [-0.2, 0) is 12.8 Å². The minimum absolute atomic E-state index is 0.319. The molecular formula is C22H27NO4. The fourth-order valence-electron chi connectivity index (χ4n) is 4.63. The van der Waals surface area contributed by atoms with Gasteiger partial charge in [-0.25, -0.2) is 0 Å². The third kappa shape index (κ3) is 2.81. The molecule has 0 fully saturated rings. The van der Waals surface area contributed by atoms with Crippen LogP contribution in [0.1, 0.15) is 41.3 Å². The molecule has 144 valence electrons. The Kier molecular flexibility index (Phi) is 4.64. The number of ether oxygens (including phenoxy) is 4. The summed E-state index contributed by atoms with van der Waals surface area (Å²) in [5.74, 6) is 3.19. The maximum absolute atomic E-state index is 5.57. The molecule has 0 N–H and O–H groups in total. The molecule has 0 saturated heterocycles. The third-order valence-electron chi connectivity index (χ3n) is 6.05. The minimum atomic E-state index is 0.319. The maximum Gasteiger partial charge on any atom is 0.161 e. The van der Waals surface area contributed by atoms with E-state index in [-0.39, 0.29) is 0 Å². The SMILES string of the molecule is COc1cc2c(cc1OC)[C@H](C)N1CCc3cc(OC)c(OC)cc3[C@@H]1C2. The van der Waals surface area contributed by atoms with Gasteiger partial charge in [-0.1, -0.05) is 0 Å². The topological polar surface area (TPSA) is 40.2 Å². The molecule has 2 heterocycles. The molecule has 0 amide bonds. The molecule has 27 heavy (non-hydrogen) atoms. The van der Waals surface area contributed by atoms with E-state index in [1.54, 1.807) is 28.4 Å². The lowest BCUT2D eigenvalue weighted by molar-refractivity contribution is 0.117. The molecule has 2 aromatic carbocycles. The zero-order chi connectivity index (χ0) is 19.1. The molecule has 5 nitrogen and oxygen atoms in total. The highest BCUT2D eigenvalue weighted by Gasteiger charge is 2.37. The summed E-state index contributed by atoms with van der Waals surface area (Å²) in [6.45, 7) is 3.31. The number of rotatable bonds is 4. The van der Waals surface area contributed by atoms with Crippen molar-refractivity contribution < 1.29 is 18.9 Å². The van der Waals surface area contributed by atoms with Crippen molar-refractivity contribution in [1.29, 1.82) is 0 Å². The first-order chi connectivity index (χ1) is 13.1. The lowest BCUT2D eigenvalue weighted by Gasteiger charge is -2.45. The third-order valence-corrected chi connectivity index (χ3v) is 6.05. The first kappa shape index (κ1) is 18.0. The van der Waals surface area contributed by atoms with Crippen molar-refractivity contribution in [3.8, 4) is 23.0 Å². The summed E-state index contributed by atoms with van der Waals surface area (Å²) in [5, 5.41) is 0. The highest BCUT2D eigenvalue weighted by atomic mass is 16.5. The van der Waals surface area contributed by atoms with Gasteiger partial charge in [0.25, 0.3) is 0 Å². The molecule has 0 unspecified atom stereocenters. The lowest BCUT2D eigenvalue weighted by Crippen LogP contribution is -2.41. The van der Waals surface area contributed by atoms with Gasteiger partial charge in [0.1, 0.15) is 0 Å². The van der Waals surface area contributed by atoms with Crippen LogP contribution in [0, 0.1) is 0 Å². The van der Waals surface area contributed by atoms with Crippen LogP contribution in [0.15, 0.2) is 24.3 Å². The number of hydrogen-bond donors (Lipinski definition) is 0. The van der Waals surface area contributed by atoms with Gasteiger partial charge in [0.05, 0.1) is 28.4 Å². The van der Waals surface area contributed by atoms with Gasteiger partial charge in [0, 0.05) is 18.6 Å². The lowest BCUT2D eigenvalue weighted by atomic mass is 9.81. The van der Waals surface area contributed by atoms with Crippen molar-refractivity contribution in [2.75, 3.05) is 35.0 Å². The number of fused-ring (bicyclic) bond motifs is 4. The van der Waals surface area contributed by atoms with Crippen LogP contribution in [0.5, 0.6) is 23.0 Å². The maximum atomic E-state index is 5.57. The first-order valence-electron chi connectivity index (χ1n) is 9.36. The number of hydrogen-bond acceptors (Lipinski definition) is 5. The monoisotopic (exact) mass is 369 g/mol. The van der Waals surface area contributed by atoms with Crippen molar-refractivity contribution in [2.24, 2.45) is 0 Å². The van der Waals surface area contributed by atoms with Crippen molar-refractivity contribution in [3.05, 3.63) is 46.5 Å². The molecule has 2 aliphatic heterocycles. The minimum Gasteiger partial charge on any atom is -0.493 e. The summed E-state index contributed by atoms with van der Waals surface area (Å²) in [6, 6.07) is 9.22. The Hall–Kier alpha value is -2.40. The van der Waals surface area contributed by atoms with E-state index in [0.29, 0.717) is 12.1 Å². The second-order valence-electron chi connectivity index (χ2n) is 7.20. The predicted octanol–water partition coefficient (Wildman–Crippen LogP) is 3.94. The molecule has 0 bridgehead atoms. The summed E-state index contributed by atoms with van der Waals surface area (Å²) in [7, 11) is 6.77. The molecule has 2 atom stereocenters. The highest BCUT2D eigenvalue weighted by Crippen LogP contribution is 2.48.